The quantitative estimate of drug-likeness (QED) is 0.929. The van der Waals surface area contributed by atoms with Gasteiger partial charge in [-0.3, -0.25) is 4.90 Å². The van der Waals surface area contributed by atoms with Gasteiger partial charge in [-0.15, -0.1) is 0 Å². The number of hydrogen-bond donors (Lipinski definition) is 1. The molecule has 0 aromatic heterocycles. The molecule has 0 radical (unpaired) electrons. The van der Waals surface area contributed by atoms with Gasteiger partial charge in [0, 0.05) is 30.5 Å². The highest BCUT2D eigenvalue weighted by Gasteiger charge is 2.40. The van der Waals surface area contributed by atoms with E-state index in [-0.39, 0.29) is 6.10 Å². The van der Waals surface area contributed by atoms with Gasteiger partial charge in [-0.05, 0) is 30.2 Å². The van der Waals surface area contributed by atoms with Crippen molar-refractivity contribution in [2.24, 2.45) is 0 Å². The molecule has 2 aliphatic rings. The van der Waals surface area contributed by atoms with Gasteiger partial charge in [-0.2, -0.15) is 0 Å². The third-order valence-electron chi connectivity index (χ3n) is 3.92. The molecule has 3 rings (SSSR count). The van der Waals surface area contributed by atoms with Crippen LogP contribution >= 0.6 is 15.9 Å². The summed E-state index contributed by atoms with van der Waals surface area (Å²) in [7, 11) is 0. The molecule has 18 heavy (non-hydrogen) atoms. The Labute approximate surface area is 116 Å². The van der Waals surface area contributed by atoms with Gasteiger partial charge in [0.2, 0.25) is 0 Å². The van der Waals surface area contributed by atoms with Crippen LogP contribution in [0.15, 0.2) is 22.7 Å². The van der Waals surface area contributed by atoms with Crippen molar-refractivity contribution in [3.05, 3.63) is 28.2 Å². The van der Waals surface area contributed by atoms with Crippen LogP contribution in [0.1, 0.15) is 18.9 Å². The van der Waals surface area contributed by atoms with Gasteiger partial charge in [-0.1, -0.05) is 22.9 Å². The average Bonchev–Trinajstić information content (AvgIpc) is 2.68. The number of rotatable bonds is 3. The first kappa shape index (κ1) is 12.5. The average molecular weight is 312 g/mol. The predicted octanol–water partition coefficient (Wildman–Crippen LogP) is 2.21. The second-order valence-electron chi connectivity index (χ2n) is 5.44. The van der Waals surface area contributed by atoms with Gasteiger partial charge in [-0.25, -0.2) is 0 Å². The highest BCUT2D eigenvalue weighted by Crippen LogP contribution is 2.33. The van der Waals surface area contributed by atoms with Crippen molar-refractivity contribution in [2.75, 3.05) is 19.6 Å². The summed E-state index contributed by atoms with van der Waals surface area (Å²) < 4.78 is 7.03. The van der Waals surface area contributed by atoms with E-state index in [2.05, 4.69) is 26.9 Å². The molecule has 1 aromatic rings. The van der Waals surface area contributed by atoms with Gasteiger partial charge in [0.15, 0.2) is 0 Å². The zero-order valence-electron chi connectivity index (χ0n) is 10.5. The Balaban J connectivity index is 1.56. The van der Waals surface area contributed by atoms with E-state index in [4.69, 9.17) is 4.74 Å². The van der Waals surface area contributed by atoms with E-state index in [1.165, 1.54) is 5.56 Å². The molecule has 0 amide bonds. The van der Waals surface area contributed by atoms with E-state index in [0.717, 1.165) is 42.7 Å². The summed E-state index contributed by atoms with van der Waals surface area (Å²) >= 11 is 3.49. The van der Waals surface area contributed by atoms with Crippen molar-refractivity contribution in [3.63, 3.8) is 0 Å². The van der Waals surface area contributed by atoms with Crippen LogP contribution in [0.2, 0.25) is 0 Å². The van der Waals surface area contributed by atoms with Gasteiger partial charge < -0.3 is 9.84 Å². The Morgan fingerprint density at radius 2 is 2.28 bits per heavy atom. The van der Waals surface area contributed by atoms with Crippen molar-refractivity contribution in [3.8, 4) is 5.75 Å². The van der Waals surface area contributed by atoms with E-state index in [1.54, 1.807) is 0 Å². The van der Waals surface area contributed by atoms with Crippen LogP contribution < -0.4 is 4.74 Å². The summed E-state index contributed by atoms with van der Waals surface area (Å²) in [6.07, 6.45) is 2.04. The Hall–Kier alpha value is -0.580. The van der Waals surface area contributed by atoms with E-state index >= 15 is 0 Å². The minimum Gasteiger partial charge on any atom is -0.488 e. The summed E-state index contributed by atoms with van der Waals surface area (Å²) in [5.41, 5.74) is 0.828. The third-order valence-corrected chi connectivity index (χ3v) is 4.41. The molecular weight excluding hydrogens is 294 g/mol. The molecule has 0 saturated carbocycles. The predicted molar refractivity (Wildman–Crippen MR) is 73.9 cm³/mol. The fraction of sp³-hybridized carbons (Fsp3) is 0.571. The smallest absolute Gasteiger partial charge is 0.123 e. The van der Waals surface area contributed by atoms with Gasteiger partial charge in [0.25, 0.3) is 0 Å². The first-order chi connectivity index (χ1) is 8.58. The number of nitrogens with zero attached hydrogens (tertiary/aromatic N) is 1. The molecule has 1 aromatic carbocycles. The van der Waals surface area contributed by atoms with Crippen LogP contribution in [0.3, 0.4) is 0 Å². The van der Waals surface area contributed by atoms with Crippen molar-refractivity contribution >= 4 is 15.9 Å². The maximum atomic E-state index is 9.98. The molecular formula is C14H18BrNO2. The van der Waals surface area contributed by atoms with Crippen LogP contribution in [0.4, 0.5) is 0 Å². The molecule has 98 valence electrons. The number of likely N-dealkylation sites (tertiary alicyclic amines) is 1. The molecule has 0 aliphatic carbocycles. The van der Waals surface area contributed by atoms with Crippen molar-refractivity contribution in [2.45, 2.75) is 31.5 Å². The first-order valence-electron chi connectivity index (χ1n) is 6.48. The second-order valence-corrected chi connectivity index (χ2v) is 6.36. The number of halogens is 1. The maximum absolute atomic E-state index is 9.98. The summed E-state index contributed by atoms with van der Waals surface area (Å²) in [4.78, 5) is 2.27. The zero-order valence-corrected chi connectivity index (χ0v) is 12.1. The third kappa shape index (κ3) is 2.29. The number of fused-ring (bicyclic) bond motifs is 1. The lowest BCUT2D eigenvalue weighted by molar-refractivity contribution is -0.107. The number of ether oxygens (including phenoxy) is 1. The molecule has 2 heterocycles. The molecule has 4 heteroatoms. The highest BCUT2D eigenvalue weighted by molar-refractivity contribution is 9.10. The Bertz CT molecular complexity index is 457. The SMILES string of the molecule is CCC1(O)CN(CC2Cc3cc(Br)ccc3O2)C1. The van der Waals surface area contributed by atoms with Crippen molar-refractivity contribution in [1.82, 2.24) is 4.90 Å². The number of aliphatic hydroxyl groups is 1. The van der Waals surface area contributed by atoms with Crippen molar-refractivity contribution in [1.29, 1.82) is 0 Å². The van der Waals surface area contributed by atoms with Gasteiger partial charge in [0.1, 0.15) is 11.9 Å². The van der Waals surface area contributed by atoms with E-state index < -0.39 is 5.60 Å². The van der Waals surface area contributed by atoms with Crippen molar-refractivity contribution < 1.29 is 9.84 Å². The minimum absolute atomic E-state index is 0.232. The monoisotopic (exact) mass is 311 g/mol. The lowest BCUT2D eigenvalue weighted by Gasteiger charge is -2.46. The molecule has 1 unspecified atom stereocenters. The summed E-state index contributed by atoms with van der Waals surface area (Å²) in [5, 5.41) is 9.98. The summed E-state index contributed by atoms with van der Waals surface area (Å²) in [5.74, 6) is 1.01. The lowest BCUT2D eigenvalue weighted by Crippen LogP contribution is -2.62. The molecule has 2 aliphatic heterocycles. The normalized spacial score (nSPS) is 25.4. The fourth-order valence-electron chi connectivity index (χ4n) is 2.82. The second kappa shape index (κ2) is 4.51. The van der Waals surface area contributed by atoms with Crippen LogP contribution in [-0.2, 0) is 6.42 Å². The van der Waals surface area contributed by atoms with E-state index in [9.17, 15) is 5.11 Å². The fourth-order valence-corrected chi connectivity index (χ4v) is 3.23. The molecule has 3 nitrogen and oxygen atoms in total. The Morgan fingerprint density at radius 3 is 3.00 bits per heavy atom. The summed E-state index contributed by atoms with van der Waals surface area (Å²) in [6, 6.07) is 6.17. The Kier molecular flexibility index (Phi) is 3.12. The Morgan fingerprint density at radius 1 is 1.50 bits per heavy atom. The molecule has 1 atom stereocenters. The minimum atomic E-state index is -0.450. The lowest BCUT2D eigenvalue weighted by atomic mass is 9.91. The van der Waals surface area contributed by atoms with Crippen LogP contribution in [0.5, 0.6) is 5.75 Å². The van der Waals surface area contributed by atoms with E-state index in [1.807, 2.05) is 19.1 Å². The first-order valence-corrected chi connectivity index (χ1v) is 7.27. The van der Waals surface area contributed by atoms with Crippen LogP contribution in [-0.4, -0.2) is 41.3 Å². The standard InChI is InChI=1S/C14H18BrNO2/c1-2-14(17)8-16(9-14)7-12-6-10-5-11(15)3-4-13(10)18-12/h3-5,12,17H,2,6-9H2,1H3. The number of hydrogen-bond acceptors (Lipinski definition) is 3. The molecule has 1 N–H and O–H groups in total. The van der Waals surface area contributed by atoms with E-state index in [0.29, 0.717) is 0 Å². The van der Waals surface area contributed by atoms with Gasteiger partial charge >= 0.3 is 0 Å². The summed E-state index contributed by atoms with van der Waals surface area (Å²) in [6.45, 7) is 4.51. The highest BCUT2D eigenvalue weighted by atomic mass is 79.9. The number of β-amino-alcohol motifs (C(OH)–C–C–N with tert-alkyl or cyclic N) is 1. The van der Waals surface area contributed by atoms with Crippen LogP contribution in [0, 0.1) is 0 Å². The number of benzene rings is 1. The molecule has 0 bridgehead atoms. The molecule has 0 spiro atoms. The molecule has 1 fully saturated rings. The van der Waals surface area contributed by atoms with Crippen LogP contribution in [0.25, 0.3) is 0 Å². The largest absolute Gasteiger partial charge is 0.488 e. The maximum Gasteiger partial charge on any atom is 0.123 e. The van der Waals surface area contributed by atoms with Gasteiger partial charge in [0.05, 0.1) is 5.60 Å². The molecule has 1 saturated heterocycles. The zero-order chi connectivity index (χ0) is 12.8. The topological polar surface area (TPSA) is 32.7 Å².